The summed E-state index contributed by atoms with van der Waals surface area (Å²) in [6.07, 6.45) is 2.84. The zero-order valence-corrected chi connectivity index (χ0v) is 23.2. The van der Waals surface area contributed by atoms with Gasteiger partial charge in [-0.25, -0.2) is 22.5 Å². The topological polar surface area (TPSA) is 130 Å². The number of fused-ring (bicyclic) bond motifs is 1. The minimum atomic E-state index is -4.09. The number of hydrogen-bond acceptors (Lipinski definition) is 8. The van der Waals surface area contributed by atoms with Crippen molar-refractivity contribution >= 4 is 78.8 Å². The maximum atomic E-state index is 13.2. The highest BCUT2D eigenvalue weighted by Gasteiger charge is 2.21. The molecule has 1 aliphatic heterocycles. The van der Waals surface area contributed by atoms with E-state index in [9.17, 15) is 22.8 Å². The Balaban J connectivity index is 1.35. The number of nitrogens with one attached hydrogen (secondary N) is 3. The number of amides is 1. The van der Waals surface area contributed by atoms with Gasteiger partial charge in [-0.2, -0.15) is 0 Å². The van der Waals surface area contributed by atoms with Gasteiger partial charge in [-0.15, -0.1) is 23.1 Å². The highest BCUT2D eigenvalue weighted by atomic mass is 35.5. The first-order chi connectivity index (χ1) is 18.1. The molecule has 0 spiro atoms. The minimum Gasteiger partial charge on any atom is -0.384 e. The number of carbonyl (C=O) groups excluding carboxylic acids is 1. The third-order valence-corrected chi connectivity index (χ3v) is 10.2. The number of thioether (sulfide) groups is 1. The van der Waals surface area contributed by atoms with E-state index in [1.165, 1.54) is 36.4 Å². The summed E-state index contributed by atoms with van der Waals surface area (Å²) in [6, 6.07) is 13.2. The van der Waals surface area contributed by atoms with Crippen LogP contribution in [0.2, 0.25) is 4.34 Å². The molecule has 1 aliphatic rings. The molecule has 0 saturated carbocycles. The van der Waals surface area contributed by atoms with Crippen LogP contribution >= 0.6 is 46.3 Å². The largest absolute Gasteiger partial charge is 0.384 e. The number of H-pyrrole nitrogens is 1. The number of benzene rings is 2. The molecule has 3 N–H and O–H groups in total. The van der Waals surface area contributed by atoms with E-state index < -0.39 is 27.2 Å². The molecule has 9 nitrogen and oxygen atoms in total. The summed E-state index contributed by atoms with van der Waals surface area (Å²) >= 11 is 14.2. The van der Waals surface area contributed by atoms with E-state index in [0.29, 0.717) is 22.7 Å². The van der Waals surface area contributed by atoms with Crippen LogP contribution in [0.25, 0.3) is 16.6 Å². The van der Waals surface area contributed by atoms with Gasteiger partial charge in [-0.3, -0.25) is 9.59 Å². The lowest BCUT2D eigenvalue weighted by molar-refractivity contribution is 0.0981. The van der Waals surface area contributed by atoms with Crippen molar-refractivity contribution in [3.63, 3.8) is 0 Å². The number of carbonyl (C=O) groups is 1. The number of anilines is 1. The average molecular weight is 610 g/mol. The number of halogens is 2. The molecular weight excluding hydrogens is 591 g/mol. The third kappa shape index (κ3) is 5.54. The number of aromatic nitrogens is 2. The normalized spacial score (nSPS) is 15.4. The third-order valence-electron chi connectivity index (χ3n) is 5.68. The van der Waals surface area contributed by atoms with Crippen LogP contribution in [0.5, 0.6) is 0 Å². The summed E-state index contributed by atoms with van der Waals surface area (Å²) < 4.78 is 28.7. The molecule has 38 heavy (non-hydrogen) atoms. The van der Waals surface area contributed by atoms with E-state index in [1.807, 2.05) is 10.8 Å². The van der Waals surface area contributed by atoms with Gasteiger partial charge in [-0.1, -0.05) is 29.3 Å². The Hall–Kier alpha value is -3.03. The Morgan fingerprint density at radius 1 is 1.08 bits per heavy atom. The zero-order valence-electron chi connectivity index (χ0n) is 19.2. The van der Waals surface area contributed by atoms with Gasteiger partial charge in [0.25, 0.3) is 21.5 Å². The first-order valence-corrected chi connectivity index (χ1v) is 15.0. The molecule has 0 bridgehead atoms. The minimum absolute atomic E-state index is 0.0258. The molecule has 14 heteroatoms. The molecule has 3 heterocycles. The highest BCUT2D eigenvalue weighted by Crippen LogP contribution is 2.34. The Bertz CT molecular complexity index is 1810. The quantitative estimate of drug-likeness (QED) is 0.281. The van der Waals surface area contributed by atoms with Gasteiger partial charge in [0, 0.05) is 23.0 Å². The number of sulfonamides is 1. The SMILES string of the molecule is O=C(NS(=O)(=O)c1ccc(Cl)s1)c1ccc(-n2c(=O)[nH]c3cc(NCC4CC=C(Cl)S4)ccc3c2=O)cc1. The molecule has 2 aromatic carbocycles. The predicted molar refractivity (Wildman–Crippen MR) is 153 cm³/mol. The van der Waals surface area contributed by atoms with E-state index in [1.54, 1.807) is 30.0 Å². The maximum absolute atomic E-state index is 13.2. The van der Waals surface area contributed by atoms with Crippen LogP contribution in [0.15, 0.2) is 78.8 Å². The van der Waals surface area contributed by atoms with Gasteiger partial charge >= 0.3 is 5.69 Å². The van der Waals surface area contributed by atoms with Crippen LogP contribution in [0.4, 0.5) is 5.69 Å². The fourth-order valence-electron chi connectivity index (χ4n) is 3.83. The van der Waals surface area contributed by atoms with Crippen LogP contribution in [-0.2, 0) is 10.0 Å². The number of aromatic amines is 1. The van der Waals surface area contributed by atoms with Crippen LogP contribution in [0.1, 0.15) is 16.8 Å². The van der Waals surface area contributed by atoms with E-state index >= 15 is 0 Å². The standard InChI is InChI=1S/C24H18Cl2N4O5S3/c25-19-8-6-16(36-19)12-27-14-3-7-17-18(11-14)28-24(33)30(23(17)32)15-4-1-13(2-5-15)22(31)29-38(34,35)21-10-9-20(26)37-21/h1-5,7-11,16,27H,6,12H2,(H,28,33)(H,29,31). The first-order valence-electron chi connectivity index (χ1n) is 11.1. The average Bonchev–Trinajstić information content (AvgIpc) is 3.51. The van der Waals surface area contributed by atoms with Crippen molar-refractivity contribution in [2.24, 2.45) is 0 Å². The number of nitrogens with zero attached hydrogens (tertiary/aromatic N) is 1. The lowest BCUT2D eigenvalue weighted by Gasteiger charge is -2.13. The fourth-order valence-corrected chi connectivity index (χ4v) is 7.63. The lowest BCUT2D eigenvalue weighted by Crippen LogP contribution is -2.34. The van der Waals surface area contributed by atoms with E-state index in [-0.39, 0.29) is 19.8 Å². The summed E-state index contributed by atoms with van der Waals surface area (Å²) in [6.45, 7) is 0.673. The summed E-state index contributed by atoms with van der Waals surface area (Å²) in [4.78, 5) is 41.2. The Labute approximate surface area is 234 Å². The second kappa shape index (κ2) is 10.6. The van der Waals surface area contributed by atoms with Crippen LogP contribution in [0, 0.1) is 0 Å². The Morgan fingerprint density at radius 3 is 2.50 bits per heavy atom. The fraction of sp³-hybridized carbons (Fsp3) is 0.125. The molecule has 0 fully saturated rings. The van der Waals surface area contributed by atoms with Crippen molar-refractivity contribution in [1.82, 2.24) is 14.3 Å². The molecule has 1 unspecified atom stereocenters. The summed E-state index contributed by atoms with van der Waals surface area (Å²) in [5.41, 5.74) is 0.184. The molecule has 0 radical (unpaired) electrons. The molecule has 1 atom stereocenters. The second-order valence-electron chi connectivity index (χ2n) is 8.24. The van der Waals surface area contributed by atoms with Crippen molar-refractivity contribution in [2.75, 3.05) is 11.9 Å². The van der Waals surface area contributed by atoms with Gasteiger partial charge in [0.05, 0.1) is 25.3 Å². The van der Waals surface area contributed by atoms with Crippen molar-refractivity contribution in [3.8, 4) is 5.69 Å². The predicted octanol–water partition coefficient (Wildman–Crippen LogP) is 4.51. The molecule has 0 saturated heterocycles. The summed E-state index contributed by atoms with van der Waals surface area (Å²) in [7, 11) is -4.09. The molecule has 2 aromatic heterocycles. The van der Waals surface area contributed by atoms with Crippen molar-refractivity contribution in [2.45, 2.75) is 15.9 Å². The van der Waals surface area contributed by atoms with E-state index in [0.717, 1.165) is 32.4 Å². The van der Waals surface area contributed by atoms with Crippen LogP contribution in [0.3, 0.4) is 0 Å². The van der Waals surface area contributed by atoms with Gasteiger partial charge < -0.3 is 10.3 Å². The molecule has 1 amide bonds. The lowest BCUT2D eigenvalue weighted by atomic mass is 10.2. The van der Waals surface area contributed by atoms with E-state index in [4.69, 9.17) is 23.2 Å². The Kier molecular flexibility index (Phi) is 7.43. The van der Waals surface area contributed by atoms with Gasteiger partial charge in [0.15, 0.2) is 0 Å². The molecule has 196 valence electrons. The maximum Gasteiger partial charge on any atom is 0.333 e. The molecule has 0 aliphatic carbocycles. The van der Waals surface area contributed by atoms with Crippen LogP contribution < -0.4 is 21.3 Å². The highest BCUT2D eigenvalue weighted by molar-refractivity contribution is 8.05. The van der Waals surface area contributed by atoms with Crippen molar-refractivity contribution in [1.29, 1.82) is 0 Å². The van der Waals surface area contributed by atoms with Gasteiger partial charge in [0.2, 0.25) is 0 Å². The zero-order chi connectivity index (χ0) is 27.0. The van der Waals surface area contributed by atoms with E-state index in [2.05, 4.69) is 10.3 Å². The van der Waals surface area contributed by atoms with Crippen LogP contribution in [-0.4, -0.2) is 35.7 Å². The first kappa shape index (κ1) is 26.6. The van der Waals surface area contributed by atoms with Crippen molar-refractivity contribution in [3.05, 3.63) is 95.8 Å². The smallest absolute Gasteiger partial charge is 0.333 e. The molecular formula is C24H18Cl2N4O5S3. The number of hydrogen-bond donors (Lipinski definition) is 3. The number of thiophene rings is 1. The second-order valence-corrected chi connectivity index (χ2v) is 13.8. The number of allylic oxidation sites excluding steroid dienone is 1. The number of rotatable bonds is 7. The van der Waals surface area contributed by atoms with Gasteiger partial charge in [0.1, 0.15) is 4.21 Å². The van der Waals surface area contributed by atoms with Crippen molar-refractivity contribution < 1.29 is 13.2 Å². The monoisotopic (exact) mass is 608 g/mol. The molecule has 4 aromatic rings. The summed E-state index contributed by atoms with van der Waals surface area (Å²) in [5, 5.41) is 3.91. The molecule has 5 rings (SSSR count). The van der Waals surface area contributed by atoms with Gasteiger partial charge in [-0.05, 0) is 61.0 Å². The Morgan fingerprint density at radius 2 is 1.84 bits per heavy atom. The summed E-state index contributed by atoms with van der Waals surface area (Å²) in [5.74, 6) is -0.866.